The zero-order chi connectivity index (χ0) is 15.5. The van der Waals surface area contributed by atoms with Crippen LogP contribution in [0.25, 0.3) is 10.6 Å². The summed E-state index contributed by atoms with van der Waals surface area (Å²) >= 11 is 7.63. The number of aromatic nitrogens is 2. The SMILES string of the molecule is COc1ccc(Cl)cc1-c1nnc(CCNC(C)(C)C)s1. The molecule has 4 nitrogen and oxygen atoms in total. The normalized spacial score (nSPS) is 11.7. The lowest BCUT2D eigenvalue weighted by Crippen LogP contribution is -2.37. The molecule has 21 heavy (non-hydrogen) atoms. The number of halogens is 1. The van der Waals surface area contributed by atoms with Crippen molar-refractivity contribution in [2.24, 2.45) is 0 Å². The van der Waals surface area contributed by atoms with E-state index < -0.39 is 0 Å². The van der Waals surface area contributed by atoms with Crippen LogP contribution in [0.1, 0.15) is 25.8 Å². The first-order chi connectivity index (χ1) is 9.89. The van der Waals surface area contributed by atoms with Gasteiger partial charge in [-0.25, -0.2) is 0 Å². The van der Waals surface area contributed by atoms with E-state index >= 15 is 0 Å². The van der Waals surface area contributed by atoms with Gasteiger partial charge in [0.1, 0.15) is 10.8 Å². The summed E-state index contributed by atoms with van der Waals surface area (Å²) in [5.41, 5.74) is 1.00. The first kappa shape index (κ1) is 16.2. The van der Waals surface area contributed by atoms with Crippen molar-refractivity contribution in [2.45, 2.75) is 32.7 Å². The maximum atomic E-state index is 6.06. The molecule has 0 saturated carbocycles. The number of hydrogen-bond acceptors (Lipinski definition) is 5. The van der Waals surface area contributed by atoms with Crippen LogP contribution in [0.3, 0.4) is 0 Å². The predicted molar refractivity (Wildman–Crippen MR) is 88.4 cm³/mol. The molecular formula is C15H20ClN3OS. The third-order valence-electron chi connectivity index (χ3n) is 2.85. The monoisotopic (exact) mass is 325 g/mol. The summed E-state index contributed by atoms with van der Waals surface area (Å²) in [5, 5.41) is 14.4. The Morgan fingerprint density at radius 3 is 2.71 bits per heavy atom. The molecule has 0 spiro atoms. The number of benzene rings is 1. The molecule has 114 valence electrons. The van der Waals surface area contributed by atoms with E-state index in [1.807, 2.05) is 12.1 Å². The first-order valence-corrected chi connectivity index (χ1v) is 8.00. The molecule has 0 radical (unpaired) electrons. The Morgan fingerprint density at radius 2 is 2.05 bits per heavy atom. The van der Waals surface area contributed by atoms with Crippen LogP contribution in [0.15, 0.2) is 18.2 Å². The van der Waals surface area contributed by atoms with Gasteiger partial charge in [-0.05, 0) is 39.0 Å². The van der Waals surface area contributed by atoms with Gasteiger partial charge in [0.2, 0.25) is 0 Å². The predicted octanol–water partition coefficient (Wildman–Crippen LogP) is 3.80. The molecule has 0 fully saturated rings. The number of rotatable bonds is 5. The van der Waals surface area contributed by atoms with Crippen LogP contribution in [0.5, 0.6) is 5.75 Å². The Labute approximate surface area is 134 Å². The van der Waals surface area contributed by atoms with Crippen LogP contribution in [0.4, 0.5) is 0 Å². The van der Waals surface area contributed by atoms with Gasteiger partial charge in [0, 0.05) is 23.5 Å². The highest BCUT2D eigenvalue weighted by Crippen LogP contribution is 2.34. The molecule has 0 aliphatic rings. The lowest BCUT2D eigenvalue weighted by molar-refractivity contribution is 0.416. The van der Waals surface area contributed by atoms with Crippen LogP contribution < -0.4 is 10.1 Å². The maximum Gasteiger partial charge on any atom is 0.151 e. The van der Waals surface area contributed by atoms with E-state index in [1.54, 1.807) is 24.5 Å². The van der Waals surface area contributed by atoms with Gasteiger partial charge >= 0.3 is 0 Å². The lowest BCUT2D eigenvalue weighted by atomic mass is 10.1. The van der Waals surface area contributed by atoms with Crippen LogP contribution in [0.2, 0.25) is 5.02 Å². The highest BCUT2D eigenvalue weighted by Gasteiger charge is 2.13. The molecule has 1 aromatic carbocycles. The van der Waals surface area contributed by atoms with E-state index in [4.69, 9.17) is 16.3 Å². The van der Waals surface area contributed by atoms with Gasteiger partial charge in [-0.1, -0.05) is 22.9 Å². The fourth-order valence-corrected chi connectivity index (χ4v) is 2.89. The minimum atomic E-state index is 0.115. The molecule has 0 atom stereocenters. The van der Waals surface area contributed by atoms with Crippen molar-refractivity contribution >= 4 is 22.9 Å². The molecule has 2 aromatic rings. The van der Waals surface area contributed by atoms with E-state index in [0.29, 0.717) is 5.02 Å². The van der Waals surface area contributed by atoms with Gasteiger partial charge in [0.25, 0.3) is 0 Å². The Morgan fingerprint density at radius 1 is 1.29 bits per heavy atom. The minimum Gasteiger partial charge on any atom is -0.496 e. The maximum absolute atomic E-state index is 6.06. The third kappa shape index (κ3) is 4.66. The van der Waals surface area contributed by atoms with Gasteiger partial charge < -0.3 is 10.1 Å². The van der Waals surface area contributed by atoms with Crippen molar-refractivity contribution in [2.75, 3.05) is 13.7 Å². The van der Waals surface area contributed by atoms with Crippen molar-refractivity contribution in [1.82, 2.24) is 15.5 Å². The van der Waals surface area contributed by atoms with Gasteiger partial charge in [0.05, 0.1) is 12.7 Å². The second-order valence-corrected chi connectivity index (χ2v) is 7.27. The van der Waals surface area contributed by atoms with Crippen LogP contribution in [-0.4, -0.2) is 29.4 Å². The Bertz CT molecular complexity index is 607. The van der Waals surface area contributed by atoms with Crippen LogP contribution in [-0.2, 0) is 6.42 Å². The van der Waals surface area contributed by atoms with E-state index in [1.165, 1.54) is 0 Å². The van der Waals surface area contributed by atoms with Gasteiger partial charge in [-0.3, -0.25) is 0 Å². The van der Waals surface area contributed by atoms with Crippen LogP contribution >= 0.6 is 22.9 Å². The lowest BCUT2D eigenvalue weighted by Gasteiger charge is -2.19. The molecule has 0 saturated heterocycles. The third-order valence-corrected chi connectivity index (χ3v) is 4.10. The van der Waals surface area contributed by atoms with Crippen LogP contribution in [0, 0.1) is 0 Å². The summed E-state index contributed by atoms with van der Waals surface area (Å²) in [7, 11) is 1.64. The summed E-state index contributed by atoms with van der Waals surface area (Å²) in [5.74, 6) is 0.759. The quantitative estimate of drug-likeness (QED) is 0.908. The average molecular weight is 326 g/mol. The highest BCUT2D eigenvalue weighted by atomic mass is 35.5. The summed E-state index contributed by atoms with van der Waals surface area (Å²) in [6, 6.07) is 5.51. The molecule has 1 heterocycles. The largest absolute Gasteiger partial charge is 0.496 e. The second kappa shape index (κ2) is 6.73. The zero-order valence-electron chi connectivity index (χ0n) is 12.7. The molecule has 0 aliphatic heterocycles. The average Bonchev–Trinajstić information content (AvgIpc) is 2.86. The van der Waals surface area contributed by atoms with Gasteiger partial charge in [-0.15, -0.1) is 10.2 Å². The van der Waals surface area contributed by atoms with Crippen molar-refractivity contribution < 1.29 is 4.74 Å². The Balaban J connectivity index is 2.11. The number of nitrogens with zero attached hydrogens (tertiary/aromatic N) is 2. The molecule has 0 unspecified atom stereocenters. The fourth-order valence-electron chi connectivity index (χ4n) is 1.86. The summed E-state index contributed by atoms with van der Waals surface area (Å²) < 4.78 is 5.36. The molecule has 1 N–H and O–H groups in total. The zero-order valence-corrected chi connectivity index (χ0v) is 14.3. The summed E-state index contributed by atoms with van der Waals surface area (Å²) in [4.78, 5) is 0. The van der Waals surface area contributed by atoms with Crippen molar-refractivity contribution in [3.63, 3.8) is 0 Å². The molecule has 6 heteroatoms. The van der Waals surface area contributed by atoms with E-state index in [2.05, 4.69) is 36.3 Å². The van der Waals surface area contributed by atoms with Crippen molar-refractivity contribution in [3.05, 3.63) is 28.2 Å². The Hall–Kier alpha value is -1.17. The molecule has 0 amide bonds. The Kier molecular flexibility index (Phi) is 5.19. The van der Waals surface area contributed by atoms with Gasteiger partial charge in [-0.2, -0.15) is 0 Å². The molecule has 1 aromatic heterocycles. The van der Waals surface area contributed by atoms with E-state index in [9.17, 15) is 0 Å². The fraction of sp³-hybridized carbons (Fsp3) is 0.467. The smallest absolute Gasteiger partial charge is 0.151 e. The molecule has 0 bridgehead atoms. The number of hydrogen-bond donors (Lipinski definition) is 1. The number of methoxy groups -OCH3 is 1. The summed E-state index contributed by atoms with van der Waals surface area (Å²) in [6.07, 6.45) is 0.859. The van der Waals surface area contributed by atoms with Gasteiger partial charge in [0.15, 0.2) is 5.01 Å². The molecular weight excluding hydrogens is 306 g/mol. The van der Waals surface area contributed by atoms with Crippen molar-refractivity contribution in [1.29, 1.82) is 0 Å². The second-order valence-electron chi connectivity index (χ2n) is 5.77. The van der Waals surface area contributed by atoms with E-state index in [-0.39, 0.29) is 5.54 Å². The standard InChI is InChI=1S/C15H20ClN3OS/c1-15(2,3)17-8-7-13-18-19-14(21-13)11-9-10(16)5-6-12(11)20-4/h5-6,9,17H,7-8H2,1-4H3. The molecule has 0 aliphatic carbocycles. The molecule has 2 rings (SSSR count). The number of ether oxygens (including phenoxy) is 1. The minimum absolute atomic E-state index is 0.115. The van der Waals surface area contributed by atoms with E-state index in [0.717, 1.165) is 34.3 Å². The highest BCUT2D eigenvalue weighted by molar-refractivity contribution is 7.14. The van der Waals surface area contributed by atoms with Crippen molar-refractivity contribution in [3.8, 4) is 16.3 Å². The topological polar surface area (TPSA) is 47.0 Å². The first-order valence-electron chi connectivity index (χ1n) is 6.80. The summed E-state index contributed by atoms with van der Waals surface area (Å²) in [6.45, 7) is 7.32. The number of nitrogens with one attached hydrogen (secondary N) is 1.